The molecule has 0 spiro atoms. The van der Waals surface area contributed by atoms with Crippen molar-refractivity contribution in [3.8, 4) is 0 Å². The molecule has 0 aromatic heterocycles. The predicted octanol–water partition coefficient (Wildman–Crippen LogP) is 2.18. The van der Waals surface area contributed by atoms with E-state index in [-0.39, 0.29) is 23.4 Å². The van der Waals surface area contributed by atoms with Gasteiger partial charge in [-0.15, -0.1) is 0 Å². The summed E-state index contributed by atoms with van der Waals surface area (Å²) in [6.07, 6.45) is 2.05. The van der Waals surface area contributed by atoms with E-state index in [2.05, 4.69) is 5.48 Å². The highest BCUT2D eigenvalue weighted by Gasteiger charge is 2.60. The third-order valence-electron chi connectivity index (χ3n) is 3.06. The van der Waals surface area contributed by atoms with Crippen molar-refractivity contribution >= 4 is 5.97 Å². The van der Waals surface area contributed by atoms with Crippen molar-refractivity contribution in [2.24, 2.45) is 17.3 Å². The highest BCUT2D eigenvalue weighted by atomic mass is 16.7. The third kappa shape index (κ3) is 2.76. The van der Waals surface area contributed by atoms with Gasteiger partial charge >= 0.3 is 5.97 Å². The molecule has 0 aromatic carbocycles. The lowest BCUT2D eigenvalue weighted by atomic mass is 10.1. The average molecular weight is 227 g/mol. The molecule has 0 aliphatic heterocycles. The van der Waals surface area contributed by atoms with Crippen molar-refractivity contribution < 1.29 is 14.7 Å². The van der Waals surface area contributed by atoms with E-state index in [0.29, 0.717) is 0 Å². The summed E-state index contributed by atoms with van der Waals surface area (Å²) in [5.74, 6) is -0.902. The van der Waals surface area contributed by atoms with Gasteiger partial charge in [-0.05, 0) is 32.1 Å². The molecular weight excluding hydrogens is 206 g/mol. The molecule has 92 valence electrons. The Kier molecular flexibility index (Phi) is 3.63. The molecule has 1 saturated carbocycles. The van der Waals surface area contributed by atoms with E-state index in [4.69, 9.17) is 9.94 Å². The second-order valence-electron chi connectivity index (χ2n) is 5.28. The maximum Gasteiger partial charge on any atom is 0.307 e. The lowest BCUT2D eigenvalue weighted by Gasteiger charge is -2.10. The van der Waals surface area contributed by atoms with Crippen LogP contribution in [-0.2, 0) is 9.63 Å². The average Bonchev–Trinajstić information content (AvgIpc) is 2.64. The SMILES string of the molecule is CC(=C[C@H]1[C@@H](C(=O)O)C1(C)C)NOC(C)C. The number of hydroxylamine groups is 1. The van der Waals surface area contributed by atoms with Gasteiger partial charge in [0.1, 0.15) is 0 Å². The van der Waals surface area contributed by atoms with Crippen LogP contribution in [0.3, 0.4) is 0 Å². The van der Waals surface area contributed by atoms with Gasteiger partial charge in [-0.1, -0.05) is 19.9 Å². The summed E-state index contributed by atoms with van der Waals surface area (Å²) in [5, 5.41) is 9.01. The van der Waals surface area contributed by atoms with Crippen LogP contribution >= 0.6 is 0 Å². The van der Waals surface area contributed by atoms with E-state index in [1.165, 1.54) is 0 Å². The Bertz CT molecular complexity index is 307. The van der Waals surface area contributed by atoms with Crippen LogP contribution in [0.15, 0.2) is 11.8 Å². The summed E-state index contributed by atoms with van der Waals surface area (Å²) in [7, 11) is 0. The quantitative estimate of drug-likeness (QED) is 0.707. The zero-order valence-corrected chi connectivity index (χ0v) is 10.6. The van der Waals surface area contributed by atoms with Crippen LogP contribution in [0, 0.1) is 17.3 Å². The highest BCUT2D eigenvalue weighted by Crippen LogP contribution is 2.59. The molecule has 4 nitrogen and oxygen atoms in total. The van der Waals surface area contributed by atoms with E-state index in [9.17, 15) is 4.79 Å². The van der Waals surface area contributed by atoms with Crippen molar-refractivity contribution in [1.82, 2.24) is 5.48 Å². The molecule has 1 fully saturated rings. The molecule has 0 aromatic rings. The molecular formula is C12H21NO3. The molecule has 1 aliphatic carbocycles. The number of allylic oxidation sites excluding steroid dienone is 2. The number of hydrogen-bond donors (Lipinski definition) is 2. The van der Waals surface area contributed by atoms with Crippen LogP contribution in [0.25, 0.3) is 0 Å². The second kappa shape index (κ2) is 4.45. The minimum Gasteiger partial charge on any atom is -0.481 e. The van der Waals surface area contributed by atoms with Crippen LogP contribution < -0.4 is 5.48 Å². The fourth-order valence-corrected chi connectivity index (χ4v) is 1.97. The smallest absolute Gasteiger partial charge is 0.307 e. The first-order valence-electron chi connectivity index (χ1n) is 5.59. The Morgan fingerprint density at radius 1 is 1.50 bits per heavy atom. The van der Waals surface area contributed by atoms with Gasteiger partial charge in [-0.25, -0.2) is 0 Å². The molecule has 0 amide bonds. The Morgan fingerprint density at radius 3 is 2.44 bits per heavy atom. The van der Waals surface area contributed by atoms with Crippen molar-refractivity contribution in [2.75, 3.05) is 0 Å². The summed E-state index contributed by atoms with van der Waals surface area (Å²) < 4.78 is 0. The van der Waals surface area contributed by atoms with Gasteiger partial charge in [-0.3, -0.25) is 15.1 Å². The predicted molar refractivity (Wildman–Crippen MR) is 61.5 cm³/mol. The lowest BCUT2D eigenvalue weighted by molar-refractivity contribution is -0.139. The number of carboxylic acids is 1. The van der Waals surface area contributed by atoms with E-state index in [1.807, 2.05) is 40.7 Å². The molecule has 0 bridgehead atoms. The first-order chi connectivity index (χ1) is 7.26. The number of nitrogens with one attached hydrogen (secondary N) is 1. The molecule has 0 heterocycles. The van der Waals surface area contributed by atoms with Crippen LogP contribution in [0.5, 0.6) is 0 Å². The maximum atomic E-state index is 11.0. The fraction of sp³-hybridized carbons (Fsp3) is 0.750. The lowest BCUT2D eigenvalue weighted by Crippen LogP contribution is -2.17. The van der Waals surface area contributed by atoms with Gasteiger partial charge in [0, 0.05) is 5.70 Å². The standard InChI is InChI=1S/C12H21NO3/c1-7(2)16-13-8(3)6-9-10(11(14)15)12(9,4)5/h6-7,9-10,13H,1-5H3,(H,14,15)/t9-,10-/m0/s1. The molecule has 0 radical (unpaired) electrons. The summed E-state index contributed by atoms with van der Waals surface area (Å²) in [6, 6.07) is 0. The van der Waals surface area contributed by atoms with Crippen molar-refractivity contribution in [2.45, 2.75) is 40.7 Å². The first kappa shape index (κ1) is 13.0. The first-order valence-corrected chi connectivity index (χ1v) is 5.59. The Morgan fingerprint density at radius 2 is 2.06 bits per heavy atom. The second-order valence-corrected chi connectivity index (χ2v) is 5.28. The third-order valence-corrected chi connectivity index (χ3v) is 3.06. The normalized spacial score (nSPS) is 28.0. The Labute approximate surface area is 96.6 Å². The fourth-order valence-electron chi connectivity index (χ4n) is 1.97. The van der Waals surface area contributed by atoms with Crippen LogP contribution in [0.2, 0.25) is 0 Å². The van der Waals surface area contributed by atoms with Gasteiger partial charge < -0.3 is 5.11 Å². The molecule has 1 aliphatic rings. The molecule has 0 unspecified atom stereocenters. The van der Waals surface area contributed by atoms with Gasteiger partial charge in [0.25, 0.3) is 0 Å². The largest absolute Gasteiger partial charge is 0.481 e. The minimum atomic E-state index is -0.719. The molecule has 2 atom stereocenters. The Balaban J connectivity index is 2.55. The highest BCUT2D eigenvalue weighted by molar-refractivity contribution is 5.76. The van der Waals surface area contributed by atoms with Crippen LogP contribution in [0.1, 0.15) is 34.6 Å². The maximum absolute atomic E-state index is 11.0. The number of carbonyl (C=O) groups is 1. The van der Waals surface area contributed by atoms with Gasteiger partial charge in [0.05, 0.1) is 12.0 Å². The van der Waals surface area contributed by atoms with Gasteiger partial charge in [0.15, 0.2) is 0 Å². The molecule has 2 N–H and O–H groups in total. The summed E-state index contributed by atoms with van der Waals surface area (Å²) in [6.45, 7) is 9.70. The minimum absolute atomic E-state index is 0.0910. The Hall–Kier alpha value is -1.03. The molecule has 16 heavy (non-hydrogen) atoms. The molecule has 0 saturated heterocycles. The van der Waals surface area contributed by atoms with Crippen molar-refractivity contribution in [3.05, 3.63) is 11.8 Å². The number of carboxylic acid groups (broad SMARTS) is 1. The zero-order chi connectivity index (χ0) is 12.5. The van der Waals surface area contributed by atoms with Crippen molar-refractivity contribution in [3.63, 3.8) is 0 Å². The molecule has 4 heteroatoms. The van der Waals surface area contributed by atoms with Gasteiger partial charge in [-0.2, -0.15) is 0 Å². The number of aliphatic carboxylic acids is 1. The summed E-state index contributed by atoms with van der Waals surface area (Å²) >= 11 is 0. The van der Waals surface area contributed by atoms with E-state index < -0.39 is 5.97 Å². The number of rotatable bonds is 5. The topological polar surface area (TPSA) is 58.6 Å². The summed E-state index contributed by atoms with van der Waals surface area (Å²) in [5.41, 5.74) is 3.54. The monoisotopic (exact) mass is 227 g/mol. The summed E-state index contributed by atoms with van der Waals surface area (Å²) in [4.78, 5) is 16.2. The zero-order valence-electron chi connectivity index (χ0n) is 10.6. The van der Waals surface area contributed by atoms with Crippen LogP contribution in [0.4, 0.5) is 0 Å². The van der Waals surface area contributed by atoms with E-state index in [1.54, 1.807) is 0 Å². The van der Waals surface area contributed by atoms with Crippen LogP contribution in [-0.4, -0.2) is 17.2 Å². The molecule has 1 rings (SSSR count). The van der Waals surface area contributed by atoms with E-state index in [0.717, 1.165) is 5.70 Å². The van der Waals surface area contributed by atoms with Crippen molar-refractivity contribution in [1.29, 1.82) is 0 Å². The number of hydrogen-bond acceptors (Lipinski definition) is 3. The van der Waals surface area contributed by atoms with Gasteiger partial charge in [0.2, 0.25) is 0 Å². The van der Waals surface area contributed by atoms with E-state index >= 15 is 0 Å².